The molecule has 2 nitrogen and oxygen atoms in total. The van der Waals surface area contributed by atoms with E-state index in [-0.39, 0.29) is 6.04 Å². The molecule has 2 heteroatoms. The second kappa shape index (κ2) is 6.73. The van der Waals surface area contributed by atoms with Crippen LogP contribution < -0.4 is 5.73 Å². The number of aryl methyl sites for hydroxylation is 2. The van der Waals surface area contributed by atoms with Crippen molar-refractivity contribution >= 4 is 0 Å². The maximum atomic E-state index is 6.43. The lowest BCUT2D eigenvalue weighted by molar-refractivity contribution is 0.162. The molecule has 1 aliphatic carbocycles. The highest BCUT2D eigenvalue weighted by Crippen LogP contribution is 2.27. The molecular formula is C18H30N2. The van der Waals surface area contributed by atoms with Gasteiger partial charge in [0.1, 0.15) is 0 Å². The largest absolute Gasteiger partial charge is 0.323 e. The van der Waals surface area contributed by atoms with Crippen LogP contribution in [0.2, 0.25) is 0 Å². The summed E-state index contributed by atoms with van der Waals surface area (Å²) in [7, 11) is 2.24. The fourth-order valence-corrected chi connectivity index (χ4v) is 3.47. The van der Waals surface area contributed by atoms with Crippen LogP contribution in [0.15, 0.2) is 18.2 Å². The maximum Gasteiger partial charge on any atom is 0.0424 e. The van der Waals surface area contributed by atoms with E-state index in [2.05, 4.69) is 50.9 Å². The number of nitrogens with zero attached hydrogens (tertiary/aromatic N) is 1. The van der Waals surface area contributed by atoms with E-state index < -0.39 is 0 Å². The number of rotatable bonds is 4. The third-order valence-corrected chi connectivity index (χ3v) is 4.77. The number of hydrogen-bond acceptors (Lipinski definition) is 2. The van der Waals surface area contributed by atoms with Crippen molar-refractivity contribution in [2.24, 2.45) is 11.7 Å². The highest BCUT2D eigenvalue weighted by Gasteiger charge is 2.23. The lowest BCUT2D eigenvalue weighted by Gasteiger charge is -2.35. The van der Waals surface area contributed by atoms with Crippen molar-refractivity contribution in [2.45, 2.75) is 58.5 Å². The van der Waals surface area contributed by atoms with Crippen LogP contribution in [0.1, 0.15) is 55.3 Å². The Balaban J connectivity index is 1.94. The van der Waals surface area contributed by atoms with Crippen LogP contribution in [-0.2, 0) is 0 Å². The summed E-state index contributed by atoms with van der Waals surface area (Å²) in [5, 5.41) is 0. The van der Waals surface area contributed by atoms with E-state index in [4.69, 9.17) is 5.73 Å². The Labute approximate surface area is 124 Å². The summed E-state index contributed by atoms with van der Waals surface area (Å²) >= 11 is 0. The van der Waals surface area contributed by atoms with E-state index >= 15 is 0 Å². The quantitative estimate of drug-likeness (QED) is 0.904. The molecule has 0 bridgehead atoms. The second-order valence-electron chi connectivity index (χ2n) is 6.88. The molecule has 0 spiro atoms. The van der Waals surface area contributed by atoms with Crippen LogP contribution in [0.4, 0.5) is 0 Å². The summed E-state index contributed by atoms with van der Waals surface area (Å²) in [5.74, 6) is 0.910. The second-order valence-corrected chi connectivity index (χ2v) is 6.88. The van der Waals surface area contributed by atoms with Gasteiger partial charge in [0, 0.05) is 18.6 Å². The Hall–Kier alpha value is -0.860. The monoisotopic (exact) mass is 274 g/mol. The SMILES string of the molecule is Cc1cc(C)cc(C(N)CN(C)C2CCC(C)CC2)c1. The maximum absolute atomic E-state index is 6.43. The van der Waals surface area contributed by atoms with Crippen LogP contribution in [0.3, 0.4) is 0 Å². The first kappa shape index (κ1) is 15.5. The zero-order chi connectivity index (χ0) is 14.7. The minimum Gasteiger partial charge on any atom is -0.323 e. The van der Waals surface area contributed by atoms with E-state index in [0.29, 0.717) is 0 Å². The fourth-order valence-electron chi connectivity index (χ4n) is 3.47. The normalized spacial score (nSPS) is 24.9. The van der Waals surface area contributed by atoms with Gasteiger partial charge in [-0.1, -0.05) is 36.2 Å². The molecule has 0 aliphatic heterocycles. The van der Waals surface area contributed by atoms with Gasteiger partial charge in [-0.05, 0) is 58.1 Å². The highest BCUT2D eigenvalue weighted by molar-refractivity contribution is 5.30. The van der Waals surface area contributed by atoms with Crippen LogP contribution in [0.25, 0.3) is 0 Å². The summed E-state index contributed by atoms with van der Waals surface area (Å²) in [4.78, 5) is 2.48. The Bertz CT molecular complexity index is 413. The predicted octanol–water partition coefficient (Wildman–Crippen LogP) is 3.81. The van der Waals surface area contributed by atoms with Gasteiger partial charge in [0.25, 0.3) is 0 Å². The van der Waals surface area contributed by atoms with Crippen molar-refractivity contribution in [1.29, 1.82) is 0 Å². The Morgan fingerprint density at radius 1 is 1.10 bits per heavy atom. The van der Waals surface area contributed by atoms with Crippen molar-refractivity contribution in [3.8, 4) is 0 Å². The molecule has 1 unspecified atom stereocenters. The van der Waals surface area contributed by atoms with Crippen LogP contribution >= 0.6 is 0 Å². The molecule has 0 saturated heterocycles. The molecule has 0 aromatic heterocycles. The van der Waals surface area contributed by atoms with E-state index in [1.165, 1.54) is 42.4 Å². The molecule has 2 N–H and O–H groups in total. The van der Waals surface area contributed by atoms with Crippen LogP contribution in [0, 0.1) is 19.8 Å². The molecule has 1 atom stereocenters. The molecule has 1 aliphatic rings. The first-order valence-corrected chi connectivity index (χ1v) is 7.99. The molecule has 0 radical (unpaired) electrons. The van der Waals surface area contributed by atoms with Gasteiger partial charge in [-0.3, -0.25) is 0 Å². The third kappa shape index (κ3) is 4.07. The first-order valence-electron chi connectivity index (χ1n) is 7.99. The van der Waals surface area contributed by atoms with E-state index in [1.807, 2.05) is 0 Å². The molecule has 112 valence electrons. The molecule has 1 saturated carbocycles. The molecule has 20 heavy (non-hydrogen) atoms. The fraction of sp³-hybridized carbons (Fsp3) is 0.667. The molecule has 1 aromatic rings. The van der Waals surface area contributed by atoms with Gasteiger partial charge < -0.3 is 10.6 Å². The number of benzene rings is 1. The van der Waals surface area contributed by atoms with Gasteiger partial charge in [0.15, 0.2) is 0 Å². The Kier molecular flexibility index (Phi) is 5.22. The average molecular weight is 274 g/mol. The minimum atomic E-state index is 0.123. The van der Waals surface area contributed by atoms with Crippen molar-refractivity contribution in [3.63, 3.8) is 0 Å². The third-order valence-electron chi connectivity index (χ3n) is 4.77. The van der Waals surface area contributed by atoms with Gasteiger partial charge in [0.05, 0.1) is 0 Å². The summed E-state index contributed by atoms with van der Waals surface area (Å²) in [5.41, 5.74) is 10.3. The van der Waals surface area contributed by atoms with Crippen LogP contribution in [0.5, 0.6) is 0 Å². The standard InChI is InChI=1S/C18H30N2/c1-13-5-7-17(8-6-13)20(4)12-18(19)16-10-14(2)9-15(3)11-16/h9-11,13,17-18H,5-8,12,19H2,1-4H3. The number of nitrogens with two attached hydrogens (primary N) is 1. The van der Waals surface area contributed by atoms with Crippen molar-refractivity contribution < 1.29 is 0 Å². The highest BCUT2D eigenvalue weighted by atomic mass is 15.1. The lowest BCUT2D eigenvalue weighted by atomic mass is 9.86. The van der Waals surface area contributed by atoms with E-state index in [9.17, 15) is 0 Å². The van der Waals surface area contributed by atoms with Gasteiger partial charge in [0.2, 0.25) is 0 Å². The summed E-state index contributed by atoms with van der Waals surface area (Å²) in [6.45, 7) is 7.63. The first-order chi connectivity index (χ1) is 9.45. The molecule has 2 rings (SSSR count). The number of hydrogen-bond donors (Lipinski definition) is 1. The van der Waals surface area contributed by atoms with Gasteiger partial charge in [-0.25, -0.2) is 0 Å². The lowest BCUT2D eigenvalue weighted by Crippen LogP contribution is -2.39. The Morgan fingerprint density at radius 3 is 2.20 bits per heavy atom. The summed E-state index contributed by atoms with van der Waals surface area (Å²) in [6, 6.07) is 7.52. The zero-order valence-corrected chi connectivity index (χ0v) is 13.5. The van der Waals surface area contributed by atoms with Gasteiger partial charge in [-0.2, -0.15) is 0 Å². The van der Waals surface area contributed by atoms with Crippen molar-refractivity contribution in [1.82, 2.24) is 4.90 Å². The number of likely N-dealkylation sites (N-methyl/N-ethyl adjacent to an activating group) is 1. The smallest absolute Gasteiger partial charge is 0.0424 e. The van der Waals surface area contributed by atoms with Gasteiger partial charge >= 0.3 is 0 Å². The molecule has 0 amide bonds. The van der Waals surface area contributed by atoms with E-state index in [1.54, 1.807) is 0 Å². The van der Waals surface area contributed by atoms with E-state index in [0.717, 1.165) is 18.5 Å². The van der Waals surface area contributed by atoms with Crippen molar-refractivity contribution in [2.75, 3.05) is 13.6 Å². The Morgan fingerprint density at radius 2 is 1.65 bits per heavy atom. The molecule has 1 aromatic carbocycles. The van der Waals surface area contributed by atoms with Gasteiger partial charge in [-0.15, -0.1) is 0 Å². The predicted molar refractivity (Wildman–Crippen MR) is 86.9 cm³/mol. The summed E-state index contributed by atoms with van der Waals surface area (Å²) in [6.07, 6.45) is 5.40. The minimum absolute atomic E-state index is 0.123. The summed E-state index contributed by atoms with van der Waals surface area (Å²) < 4.78 is 0. The average Bonchev–Trinajstić information content (AvgIpc) is 2.38. The molecule has 1 fully saturated rings. The molecule has 0 heterocycles. The topological polar surface area (TPSA) is 29.3 Å². The zero-order valence-electron chi connectivity index (χ0n) is 13.5. The molecular weight excluding hydrogens is 244 g/mol. The van der Waals surface area contributed by atoms with Crippen molar-refractivity contribution in [3.05, 3.63) is 34.9 Å². The van der Waals surface area contributed by atoms with Crippen LogP contribution in [-0.4, -0.2) is 24.5 Å².